The molecule has 1 unspecified atom stereocenters. The standard InChI is InChI=1S/C16H23N3O2S/c1-4-5-12-22(20,21)18-15(16-17-10-11-19(16)3)14-8-6-13(2)7-9-14/h6-11,15,18H,4-5,12H2,1-3H3. The van der Waals surface area contributed by atoms with Gasteiger partial charge in [-0.2, -0.15) is 0 Å². The van der Waals surface area contributed by atoms with Gasteiger partial charge in [0.1, 0.15) is 11.9 Å². The molecule has 2 aromatic rings. The van der Waals surface area contributed by atoms with E-state index in [9.17, 15) is 8.42 Å². The molecule has 0 aliphatic rings. The average Bonchev–Trinajstić information content (AvgIpc) is 2.90. The predicted molar refractivity (Wildman–Crippen MR) is 88.1 cm³/mol. The SMILES string of the molecule is CCCCS(=O)(=O)NC(c1ccc(C)cc1)c1nccn1C. The van der Waals surface area contributed by atoms with Crippen molar-refractivity contribution in [2.75, 3.05) is 5.75 Å². The summed E-state index contributed by atoms with van der Waals surface area (Å²) in [6, 6.07) is 7.37. The number of unbranched alkanes of at least 4 members (excludes halogenated alkanes) is 1. The quantitative estimate of drug-likeness (QED) is 0.852. The monoisotopic (exact) mass is 321 g/mol. The molecule has 1 atom stereocenters. The van der Waals surface area contributed by atoms with Crippen LogP contribution in [0.4, 0.5) is 0 Å². The Labute approximate surface area is 132 Å². The first-order valence-electron chi connectivity index (χ1n) is 7.46. The van der Waals surface area contributed by atoms with Gasteiger partial charge in [-0.3, -0.25) is 0 Å². The molecule has 1 aromatic carbocycles. The van der Waals surface area contributed by atoms with Gasteiger partial charge >= 0.3 is 0 Å². The molecule has 0 radical (unpaired) electrons. The minimum atomic E-state index is -3.35. The van der Waals surface area contributed by atoms with Crippen LogP contribution in [0.2, 0.25) is 0 Å². The van der Waals surface area contributed by atoms with Crippen LogP contribution in [0.25, 0.3) is 0 Å². The van der Waals surface area contributed by atoms with E-state index in [2.05, 4.69) is 9.71 Å². The Balaban J connectivity index is 2.34. The van der Waals surface area contributed by atoms with E-state index in [0.717, 1.165) is 17.5 Å². The van der Waals surface area contributed by atoms with Gasteiger partial charge in [0.25, 0.3) is 0 Å². The summed E-state index contributed by atoms with van der Waals surface area (Å²) in [7, 11) is -1.48. The van der Waals surface area contributed by atoms with Gasteiger partial charge in [0.05, 0.1) is 5.75 Å². The maximum Gasteiger partial charge on any atom is 0.212 e. The van der Waals surface area contributed by atoms with E-state index in [1.54, 1.807) is 6.20 Å². The fourth-order valence-corrected chi connectivity index (χ4v) is 3.64. The Morgan fingerprint density at radius 3 is 2.50 bits per heavy atom. The van der Waals surface area contributed by atoms with Crippen molar-refractivity contribution in [3.63, 3.8) is 0 Å². The van der Waals surface area contributed by atoms with Gasteiger partial charge in [-0.05, 0) is 18.9 Å². The molecule has 1 heterocycles. The first-order chi connectivity index (χ1) is 10.4. The van der Waals surface area contributed by atoms with Crippen molar-refractivity contribution in [2.45, 2.75) is 32.7 Å². The number of benzene rings is 1. The summed E-state index contributed by atoms with van der Waals surface area (Å²) >= 11 is 0. The molecule has 0 saturated heterocycles. The lowest BCUT2D eigenvalue weighted by Crippen LogP contribution is -2.32. The highest BCUT2D eigenvalue weighted by atomic mass is 32.2. The molecule has 0 fully saturated rings. The summed E-state index contributed by atoms with van der Waals surface area (Å²) in [5.41, 5.74) is 2.02. The maximum absolute atomic E-state index is 12.3. The average molecular weight is 321 g/mol. The number of aryl methyl sites for hydroxylation is 2. The van der Waals surface area contributed by atoms with Gasteiger partial charge in [0, 0.05) is 19.4 Å². The molecule has 120 valence electrons. The van der Waals surface area contributed by atoms with Gasteiger partial charge in [-0.15, -0.1) is 0 Å². The largest absolute Gasteiger partial charge is 0.336 e. The number of nitrogens with zero attached hydrogens (tertiary/aromatic N) is 2. The third-order valence-corrected chi connectivity index (χ3v) is 5.01. The fraction of sp³-hybridized carbons (Fsp3) is 0.438. The Morgan fingerprint density at radius 2 is 1.95 bits per heavy atom. The third kappa shape index (κ3) is 4.18. The number of rotatable bonds is 7. The van der Waals surface area contributed by atoms with Crippen molar-refractivity contribution in [3.8, 4) is 0 Å². The number of aromatic nitrogens is 2. The van der Waals surface area contributed by atoms with E-state index in [1.165, 1.54) is 0 Å². The fourth-order valence-electron chi connectivity index (χ4n) is 2.26. The van der Waals surface area contributed by atoms with Crippen molar-refractivity contribution in [2.24, 2.45) is 7.05 Å². The molecule has 1 N–H and O–H groups in total. The first kappa shape index (κ1) is 16.7. The Bertz CT molecular complexity index is 705. The summed E-state index contributed by atoms with van der Waals surface area (Å²) in [5.74, 6) is 0.819. The van der Waals surface area contributed by atoms with Gasteiger partial charge < -0.3 is 4.57 Å². The molecule has 0 aliphatic carbocycles. The predicted octanol–water partition coefficient (Wildman–Crippen LogP) is 2.54. The molecule has 0 spiro atoms. The Morgan fingerprint density at radius 1 is 1.27 bits per heavy atom. The van der Waals surface area contributed by atoms with Crippen LogP contribution in [0.1, 0.15) is 42.8 Å². The van der Waals surface area contributed by atoms with Crippen LogP contribution in [0.5, 0.6) is 0 Å². The summed E-state index contributed by atoms with van der Waals surface area (Å²) < 4.78 is 29.2. The number of nitrogens with one attached hydrogen (secondary N) is 1. The molecule has 6 heteroatoms. The minimum absolute atomic E-state index is 0.135. The smallest absolute Gasteiger partial charge is 0.212 e. The van der Waals surface area contributed by atoms with E-state index in [1.807, 2.05) is 55.9 Å². The Kier molecular flexibility index (Phi) is 5.37. The molecular weight excluding hydrogens is 298 g/mol. The topological polar surface area (TPSA) is 64.0 Å². The lowest BCUT2D eigenvalue weighted by Gasteiger charge is -2.19. The summed E-state index contributed by atoms with van der Waals surface area (Å²) in [5, 5.41) is 0. The van der Waals surface area contributed by atoms with Crippen LogP contribution in [0.3, 0.4) is 0 Å². The second-order valence-corrected chi connectivity index (χ2v) is 7.40. The lowest BCUT2D eigenvalue weighted by atomic mass is 10.1. The summed E-state index contributed by atoms with van der Waals surface area (Å²) in [6.45, 7) is 3.98. The summed E-state index contributed by atoms with van der Waals surface area (Å²) in [4.78, 5) is 4.32. The molecule has 0 aliphatic heterocycles. The van der Waals surface area contributed by atoms with Crippen molar-refractivity contribution in [1.82, 2.24) is 14.3 Å². The minimum Gasteiger partial charge on any atom is -0.336 e. The van der Waals surface area contributed by atoms with Crippen LogP contribution < -0.4 is 4.72 Å². The van der Waals surface area contributed by atoms with Gasteiger partial charge in [0.2, 0.25) is 10.0 Å². The lowest BCUT2D eigenvalue weighted by molar-refractivity contribution is 0.560. The van der Waals surface area contributed by atoms with E-state index in [-0.39, 0.29) is 5.75 Å². The van der Waals surface area contributed by atoms with Gasteiger partial charge in [-0.25, -0.2) is 18.1 Å². The zero-order chi connectivity index (χ0) is 16.2. The number of imidazole rings is 1. The summed E-state index contributed by atoms with van der Waals surface area (Å²) in [6.07, 6.45) is 4.99. The van der Waals surface area contributed by atoms with Crippen LogP contribution >= 0.6 is 0 Å². The van der Waals surface area contributed by atoms with Crippen LogP contribution in [-0.2, 0) is 17.1 Å². The van der Waals surface area contributed by atoms with Crippen molar-refractivity contribution in [1.29, 1.82) is 0 Å². The van der Waals surface area contributed by atoms with Crippen molar-refractivity contribution < 1.29 is 8.42 Å². The normalized spacial score (nSPS) is 13.2. The highest BCUT2D eigenvalue weighted by molar-refractivity contribution is 7.89. The molecule has 0 saturated carbocycles. The van der Waals surface area contributed by atoms with E-state index in [4.69, 9.17) is 0 Å². The second kappa shape index (κ2) is 7.07. The molecular formula is C16H23N3O2S. The Hall–Kier alpha value is -1.66. The number of hydrogen-bond donors (Lipinski definition) is 1. The van der Waals surface area contributed by atoms with Crippen LogP contribution in [0.15, 0.2) is 36.7 Å². The zero-order valence-electron chi connectivity index (χ0n) is 13.3. The number of hydrogen-bond acceptors (Lipinski definition) is 3. The van der Waals surface area contributed by atoms with E-state index in [0.29, 0.717) is 12.2 Å². The van der Waals surface area contributed by atoms with E-state index < -0.39 is 16.1 Å². The van der Waals surface area contributed by atoms with Gasteiger partial charge in [0.15, 0.2) is 0 Å². The molecule has 0 amide bonds. The van der Waals surface area contributed by atoms with E-state index >= 15 is 0 Å². The van der Waals surface area contributed by atoms with Crippen LogP contribution in [-0.4, -0.2) is 23.7 Å². The molecule has 0 bridgehead atoms. The number of sulfonamides is 1. The zero-order valence-corrected chi connectivity index (χ0v) is 14.1. The van der Waals surface area contributed by atoms with Crippen molar-refractivity contribution in [3.05, 3.63) is 53.6 Å². The maximum atomic E-state index is 12.3. The highest BCUT2D eigenvalue weighted by Gasteiger charge is 2.23. The third-order valence-electron chi connectivity index (χ3n) is 3.59. The van der Waals surface area contributed by atoms with Crippen LogP contribution in [0, 0.1) is 6.92 Å². The molecule has 2 rings (SSSR count). The highest BCUT2D eigenvalue weighted by Crippen LogP contribution is 2.22. The molecule has 22 heavy (non-hydrogen) atoms. The first-order valence-corrected chi connectivity index (χ1v) is 9.12. The second-order valence-electron chi connectivity index (χ2n) is 5.53. The molecule has 5 nitrogen and oxygen atoms in total. The van der Waals surface area contributed by atoms with Gasteiger partial charge in [-0.1, -0.05) is 43.2 Å². The van der Waals surface area contributed by atoms with Crippen molar-refractivity contribution >= 4 is 10.0 Å². The molecule has 1 aromatic heterocycles.